The number of hydrogen-bond donors (Lipinski definition) is 2. The van der Waals surface area contributed by atoms with Crippen molar-refractivity contribution in [2.24, 2.45) is 5.92 Å². The number of alkyl halides is 3. The van der Waals surface area contributed by atoms with E-state index >= 15 is 0 Å². The fraction of sp³-hybridized carbons (Fsp3) is 0.538. The summed E-state index contributed by atoms with van der Waals surface area (Å²) in [5, 5.41) is 5.15. The Balaban J connectivity index is 2.76. The average molecular weight is 289 g/mol. The molecule has 0 radical (unpaired) electrons. The Morgan fingerprint density at radius 1 is 1.35 bits per heavy atom. The number of anilines is 1. The summed E-state index contributed by atoms with van der Waals surface area (Å²) < 4.78 is 38.3. The van der Waals surface area contributed by atoms with Gasteiger partial charge in [-0.2, -0.15) is 13.2 Å². The first-order valence-corrected chi connectivity index (χ1v) is 6.28. The number of pyridine rings is 1. The SMILES string of the molecule is CC(C)CNC(=O)C(C)Nc1ncccc1C(F)(F)F. The molecule has 0 aromatic carbocycles. The first-order chi connectivity index (χ1) is 9.21. The maximum absolute atomic E-state index is 12.8. The van der Waals surface area contributed by atoms with Crippen molar-refractivity contribution >= 4 is 11.7 Å². The summed E-state index contributed by atoms with van der Waals surface area (Å²) >= 11 is 0. The van der Waals surface area contributed by atoms with Gasteiger partial charge >= 0.3 is 6.18 Å². The van der Waals surface area contributed by atoms with Gasteiger partial charge in [-0.25, -0.2) is 4.98 Å². The van der Waals surface area contributed by atoms with Crippen LogP contribution in [0.5, 0.6) is 0 Å². The summed E-state index contributed by atoms with van der Waals surface area (Å²) in [5.41, 5.74) is -0.886. The first kappa shape index (κ1) is 16.3. The largest absolute Gasteiger partial charge is 0.419 e. The quantitative estimate of drug-likeness (QED) is 0.876. The number of rotatable bonds is 5. The van der Waals surface area contributed by atoms with Crippen molar-refractivity contribution in [2.75, 3.05) is 11.9 Å². The third-order valence-electron chi connectivity index (χ3n) is 2.54. The van der Waals surface area contributed by atoms with Gasteiger partial charge in [-0.05, 0) is 25.0 Å². The van der Waals surface area contributed by atoms with Gasteiger partial charge < -0.3 is 10.6 Å². The minimum absolute atomic E-state index is 0.270. The van der Waals surface area contributed by atoms with Gasteiger partial charge in [0.25, 0.3) is 0 Å². The first-order valence-electron chi connectivity index (χ1n) is 6.28. The van der Waals surface area contributed by atoms with E-state index in [0.717, 1.165) is 6.07 Å². The number of carbonyl (C=O) groups excluding carboxylic acids is 1. The average Bonchev–Trinajstić information content (AvgIpc) is 2.35. The van der Waals surface area contributed by atoms with Crippen LogP contribution in [0.1, 0.15) is 26.3 Å². The third-order valence-corrected chi connectivity index (χ3v) is 2.54. The van der Waals surface area contributed by atoms with E-state index in [9.17, 15) is 18.0 Å². The molecular weight excluding hydrogens is 271 g/mol. The molecule has 1 heterocycles. The zero-order valence-corrected chi connectivity index (χ0v) is 11.6. The Morgan fingerprint density at radius 2 is 2.00 bits per heavy atom. The number of nitrogens with zero attached hydrogens (tertiary/aromatic N) is 1. The number of halogens is 3. The molecule has 7 heteroatoms. The molecule has 1 atom stereocenters. The number of aromatic nitrogens is 1. The predicted molar refractivity (Wildman–Crippen MR) is 70.2 cm³/mol. The molecule has 0 spiro atoms. The molecule has 1 aromatic heterocycles. The topological polar surface area (TPSA) is 54.0 Å². The summed E-state index contributed by atoms with van der Waals surface area (Å²) in [5.74, 6) is -0.434. The van der Waals surface area contributed by atoms with Crippen molar-refractivity contribution in [3.05, 3.63) is 23.9 Å². The highest BCUT2D eigenvalue weighted by Gasteiger charge is 2.34. The molecule has 0 aliphatic rings. The summed E-state index contributed by atoms with van der Waals surface area (Å²) in [6, 6.07) is 1.33. The van der Waals surface area contributed by atoms with Crippen molar-refractivity contribution in [1.82, 2.24) is 10.3 Å². The second-order valence-corrected chi connectivity index (χ2v) is 4.90. The smallest absolute Gasteiger partial charge is 0.358 e. The summed E-state index contributed by atoms with van der Waals surface area (Å²) in [6.07, 6.45) is -3.26. The molecule has 0 fully saturated rings. The molecule has 1 unspecified atom stereocenters. The molecule has 0 saturated carbocycles. The van der Waals surface area contributed by atoms with E-state index in [4.69, 9.17) is 0 Å². The Hall–Kier alpha value is -1.79. The molecule has 112 valence electrons. The second-order valence-electron chi connectivity index (χ2n) is 4.90. The summed E-state index contributed by atoms with van der Waals surface area (Å²) in [7, 11) is 0. The second kappa shape index (κ2) is 6.58. The van der Waals surface area contributed by atoms with Gasteiger partial charge in [0.05, 0.1) is 5.56 Å². The van der Waals surface area contributed by atoms with E-state index in [1.54, 1.807) is 0 Å². The molecule has 0 aliphatic carbocycles. The Kier molecular flexibility index (Phi) is 5.35. The number of hydrogen-bond acceptors (Lipinski definition) is 3. The molecule has 0 aliphatic heterocycles. The number of carbonyl (C=O) groups is 1. The van der Waals surface area contributed by atoms with Gasteiger partial charge in [0, 0.05) is 12.7 Å². The standard InChI is InChI=1S/C13H18F3N3O/c1-8(2)7-18-12(20)9(3)19-11-10(13(14,15)16)5-4-6-17-11/h4-6,8-9H,7H2,1-3H3,(H,17,19)(H,18,20). The lowest BCUT2D eigenvalue weighted by atomic mass is 10.2. The fourth-order valence-electron chi connectivity index (χ4n) is 1.48. The van der Waals surface area contributed by atoms with Gasteiger partial charge in [0.15, 0.2) is 0 Å². The van der Waals surface area contributed by atoms with E-state index < -0.39 is 17.8 Å². The Morgan fingerprint density at radius 3 is 2.55 bits per heavy atom. The highest BCUT2D eigenvalue weighted by atomic mass is 19.4. The lowest BCUT2D eigenvalue weighted by molar-refractivity contribution is -0.137. The zero-order valence-electron chi connectivity index (χ0n) is 11.6. The van der Waals surface area contributed by atoms with E-state index in [2.05, 4.69) is 15.6 Å². The minimum atomic E-state index is -4.51. The van der Waals surface area contributed by atoms with Gasteiger partial charge in [-0.15, -0.1) is 0 Å². The van der Waals surface area contributed by atoms with E-state index in [1.807, 2.05) is 13.8 Å². The molecule has 2 N–H and O–H groups in total. The highest BCUT2D eigenvalue weighted by molar-refractivity contribution is 5.84. The lowest BCUT2D eigenvalue weighted by Gasteiger charge is -2.18. The maximum atomic E-state index is 12.8. The fourth-order valence-corrected chi connectivity index (χ4v) is 1.48. The molecule has 1 amide bonds. The van der Waals surface area contributed by atoms with Gasteiger partial charge in [0.2, 0.25) is 5.91 Å². The molecule has 20 heavy (non-hydrogen) atoms. The van der Waals surface area contributed by atoms with Gasteiger partial charge in [-0.1, -0.05) is 13.8 Å². The molecular formula is C13H18F3N3O. The van der Waals surface area contributed by atoms with E-state index in [0.29, 0.717) is 6.54 Å². The number of amides is 1. The lowest BCUT2D eigenvalue weighted by Crippen LogP contribution is -2.39. The van der Waals surface area contributed by atoms with Crippen molar-refractivity contribution in [3.63, 3.8) is 0 Å². The summed E-state index contributed by atoms with van der Waals surface area (Å²) in [4.78, 5) is 15.4. The predicted octanol–water partition coefficient (Wildman–Crippen LogP) is 2.67. The Bertz CT molecular complexity index is 460. The summed E-state index contributed by atoms with van der Waals surface area (Å²) in [6.45, 7) is 5.82. The molecule has 4 nitrogen and oxygen atoms in total. The third kappa shape index (κ3) is 4.71. The minimum Gasteiger partial charge on any atom is -0.358 e. The van der Waals surface area contributed by atoms with Crippen LogP contribution in [-0.2, 0) is 11.0 Å². The van der Waals surface area contributed by atoms with Crippen LogP contribution in [0.2, 0.25) is 0 Å². The van der Waals surface area contributed by atoms with Crippen molar-refractivity contribution in [2.45, 2.75) is 33.0 Å². The monoisotopic (exact) mass is 289 g/mol. The number of nitrogens with one attached hydrogen (secondary N) is 2. The Labute approximate surface area is 115 Å². The van der Waals surface area contributed by atoms with Gasteiger partial charge in [0.1, 0.15) is 11.9 Å². The molecule has 0 saturated heterocycles. The van der Waals surface area contributed by atoms with Crippen molar-refractivity contribution in [3.8, 4) is 0 Å². The normalized spacial score (nSPS) is 13.2. The van der Waals surface area contributed by atoms with Gasteiger partial charge in [-0.3, -0.25) is 4.79 Å². The zero-order chi connectivity index (χ0) is 15.3. The molecule has 1 rings (SSSR count). The van der Waals surface area contributed by atoms with Crippen molar-refractivity contribution < 1.29 is 18.0 Å². The van der Waals surface area contributed by atoms with Crippen LogP contribution in [-0.4, -0.2) is 23.5 Å². The van der Waals surface area contributed by atoms with Crippen LogP contribution in [0.25, 0.3) is 0 Å². The van der Waals surface area contributed by atoms with Crippen LogP contribution in [0.3, 0.4) is 0 Å². The van der Waals surface area contributed by atoms with Crippen LogP contribution < -0.4 is 10.6 Å². The molecule has 1 aromatic rings. The van der Waals surface area contributed by atoms with E-state index in [-0.39, 0.29) is 17.6 Å². The van der Waals surface area contributed by atoms with Crippen LogP contribution in [0, 0.1) is 5.92 Å². The highest BCUT2D eigenvalue weighted by Crippen LogP contribution is 2.33. The van der Waals surface area contributed by atoms with Crippen LogP contribution in [0.4, 0.5) is 19.0 Å². The van der Waals surface area contributed by atoms with E-state index in [1.165, 1.54) is 19.2 Å². The van der Waals surface area contributed by atoms with Crippen LogP contribution in [0.15, 0.2) is 18.3 Å². The maximum Gasteiger partial charge on any atom is 0.419 e. The molecule has 0 bridgehead atoms. The van der Waals surface area contributed by atoms with Crippen molar-refractivity contribution in [1.29, 1.82) is 0 Å². The van der Waals surface area contributed by atoms with Crippen LogP contribution >= 0.6 is 0 Å².